The highest BCUT2D eigenvalue weighted by Gasteiger charge is 2.11. The molecule has 0 aliphatic carbocycles. The summed E-state index contributed by atoms with van der Waals surface area (Å²) in [5.74, 6) is 1.48. The minimum Gasteiger partial charge on any atom is -0.393 e. The Hall–Kier alpha value is -2.30. The van der Waals surface area contributed by atoms with Crippen molar-refractivity contribution in [2.24, 2.45) is 0 Å². The van der Waals surface area contributed by atoms with Crippen molar-refractivity contribution in [3.8, 4) is 0 Å². The molecule has 5 heteroatoms. The standard InChI is InChI=1S/C17H25N5/c1-4-5-10-22(3)17-15(18)16(20-12-21-17)19-11-14-8-6-13(2)7-9-14/h6-9,12H,4-5,10-11,18H2,1-3H3,(H,19,20,21). The van der Waals surface area contributed by atoms with Gasteiger partial charge in [-0.05, 0) is 18.9 Å². The lowest BCUT2D eigenvalue weighted by atomic mass is 10.1. The lowest BCUT2D eigenvalue weighted by Gasteiger charge is -2.20. The van der Waals surface area contributed by atoms with Gasteiger partial charge in [-0.15, -0.1) is 0 Å². The van der Waals surface area contributed by atoms with Crippen molar-refractivity contribution in [1.29, 1.82) is 0 Å². The van der Waals surface area contributed by atoms with Crippen LogP contribution >= 0.6 is 0 Å². The molecule has 0 saturated carbocycles. The maximum atomic E-state index is 6.22. The van der Waals surface area contributed by atoms with E-state index in [4.69, 9.17) is 5.73 Å². The fourth-order valence-electron chi connectivity index (χ4n) is 2.22. The van der Waals surface area contributed by atoms with Gasteiger partial charge >= 0.3 is 0 Å². The highest BCUT2D eigenvalue weighted by molar-refractivity contribution is 5.74. The lowest BCUT2D eigenvalue weighted by molar-refractivity contribution is 0.759. The van der Waals surface area contributed by atoms with Crippen molar-refractivity contribution in [2.75, 3.05) is 29.5 Å². The number of hydrogen-bond acceptors (Lipinski definition) is 5. The zero-order chi connectivity index (χ0) is 15.9. The number of aryl methyl sites for hydroxylation is 1. The van der Waals surface area contributed by atoms with Crippen LogP contribution in [0.15, 0.2) is 30.6 Å². The SMILES string of the molecule is CCCCN(C)c1ncnc(NCc2ccc(C)cc2)c1N. The summed E-state index contributed by atoms with van der Waals surface area (Å²) in [6.07, 6.45) is 3.82. The molecule has 1 aromatic carbocycles. The van der Waals surface area contributed by atoms with Gasteiger partial charge in [-0.25, -0.2) is 9.97 Å². The van der Waals surface area contributed by atoms with Gasteiger partial charge in [0.05, 0.1) is 0 Å². The average Bonchev–Trinajstić information content (AvgIpc) is 2.53. The van der Waals surface area contributed by atoms with Crippen LogP contribution in [0, 0.1) is 6.92 Å². The molecule has 0 spiro atoms. The van der Waals surface area contributed by atoms with Gasteiger partial charge in [-0.2, -0.15) is 0 Å². The Labute approximate surface area is 132 Å². The third kappa shape index (κ3) is 4.10. The minimum absolute atomic E-state index is 0.605. The number of nitrogens with two attached hydrogens (primary N) is 1. The van der Waals surface area contributed by atoms with Crippen molar-refractivity contribution in [2.45, 2.75) is 33.2 Å². The van der Waals surface area contributed by atoms with Gasteiger partial charge in [0.2, 0.25) is 0 Å². The normalized spacial score (nSPS) is 10.5. The van der Waals surface area contributed by atoms with Crippen LogP contribution < -0.4 is 16.0 Å². The summed E-state index contributed by atoms with van der Waals surface area (Å²) in [5.41, 5.74) is 9.27. The van der Waals surface area contributed by atoms with E-state index in [-0.39, 0.29) is 0 Å². The molecule has 3 N–H and O–H groups in total. The number of aromatic nitrogens is 2. The number of nitrogen functional groups attached to an aromatic ring is 1. The van der Waals surface area contributed by atoms with Crippen LogP contribution in [0.1, 0.15) is 30.9 Å². The molecule has 118 valence electrons. The van der Waals surface area contributed by atoms with Crippen LogP contribution in [-0.2, 0) is 6.54 Å². The average molecular weight is 299 g/mol. The van der Waals surface area contributed by atoms with Crippen LogP contribution in [0.2, 0.25) is 0 Å². The largest absolute Gasteiger partial charge is 0.393 e. The monoisotopic (exact) mass is 299 g/mol. The van der Waals surface area contributed by atoms with Gasteiger partial charge in [-0.1, -0.05) is 43.2 Å². The van der Waals surface area contributed by atoms with Crippen LogP contribution in [-0.4, -0.2) is 23.6 Å². The van der Waals surface area contributed by atoms with E-state index in [1.165, 1.54) is 11.1 Å². The van der Waals surface area contributed by atoms with Gasteiger partial charge in [0.25, 0.3) is 0 Å². The second kappa shape index (κ2) is 7.64. The second-order valence-electron chi connectivity index (χ2n) is 5.57. The van der Waals surface area contributed by atoms with Crippen LogP contribution in [0.4, 0.5) is 17.3 Å². The predicted octanol–water partition coefficient (Wildman–Crippen LogP) is 3.22. The van der Waals surface area contributed by atoms with E-state index in [2.05, 4.69) is 58.3 Å². The zero-order valence-electron chi connectivity index (χ0n) is 13.6. The van der Waals surface area contributed by atoms with Gasteiger partial charge in [0, 0.05) is 20.1 Å². The Bertz CT molecular complexity index is 594. The number of nitrogens with zero attached hydrogens (tertiary/aromatic N) is 3. The molecule has 0 bridgehead atoms. The number of hydrogen-bond donors (Lipinski definition) is 2. The van der Waals surface area contributed by atoms with E-state index in [0.29, 0.717) is 18.1 Å². The van der Waals surface area contributed by atoms with Crippen molar-refractivity contribution in [3.63, 3.8) is 0 Å². The molecule has 0 amide bonds. The first-order valence-corrected chi connectivity index (χ1v) is 7.72. The maximum absolute atomic E-state index is 6.22. The van der Waals surface area contributed by atoms with Crippen LogP contribution in [0.25, 0.3) is 0 Å². The molecule has 0 atom stereocenters. The van der Waals surface area contributed by atoms with Crippen molar-refractivity contribution < 1.29 is 0 Å². The van der Waals surface area contributed by atoms with Crippen molar-refractivity contribution in [3.05, 3.63) is 41.7 Å². The summed E-state index contributed by atoms with van der Waals surface area (Å²) < 4.78 is 0. The highest BCUT2D eigenvalue weighted by atomic mass is 15.2. The van der Waals surface area contributed by atoms with E-state index in [0.717, 1.165) is 25.2 Å². The highest BCUT2D eigenvalue weighted by Crippen LogP contribution is 2.25. The molecular formula is C17H25N5. The Morgan fingerprint density at radius 3 is 2.59 bits per heavy atom. The zero-order valence-corrected chi connectivity index (χ0v) is 13.6. The minimum atomic E-state index is 0.605. The third-order valence-corrected chi connectivity index (χ3v) is 3.65. The molecule has 1 heterocycles. The Morgan fingerprint density at radius 2 is 1.91 bits per heavy atom. The molecule has 1 aromatic heterocycles. The van der Waals surface area contributed by atoms with Gasteiger partial charge in [0.1, 0.15) is 12.0 Å². The summed E-state index contributed by atoms with van der Waals surface area (Å²) in [6, 6.07) is 8.41. The number of rotatable bonds is 7. The van der Waals surface area contributed by atoms with E-state index in [1.807, 2.05) is 7.05 Å². The quantitative estimate of drug-likeness (QED) is 0.821. The molecular weight excluding hydrogens is 274 g/mol. The predicted molar refractivity (Wildman–Crippen MR) is 93.1 cm³/mol. The van der Waals surface area contributed by atoms with E-state index in [1.54, 1.807) is 6.33 Å². The summed E-state index contributed by atoms with van der Waals surface area (Å²) in [6.45, 7) is 5.89. The first-order chi connectivity index (χ1) is 10.6. The Kier molecular flexibility index (Phi) is 5.58. The fraction of sp³-hybridized carbons (Fsp3) is 0.412. The molecule has 0 aliphatic heterocycles. The molecule has 0 fully saturated rings. The number of benzene rings is 1. The molecule has 2 rings (SSSR count). The van der Waals surface area contributed by atoms with Crippen LogP contribution in [0.3, 0.4) is 0 Å². The number of nitrogens with one attached hydrogen (secondary N) is 1. The van der Waals surface area contributed by atoms with Crippen molar-refractivity contribution >= 4 is 17.3 Å². The smallest absolute Gasteiger partial charge is 0.157 e. The molecule has 2 aromatic rings. The third-order valence-electron chi connectivity index (χ3n) is 3.65. The molecule has 0 radical (unpaired) electrons. The molecule has 0 unspecified atom stereocenters. The summed E-state index contributed by atoms with van der Waals surface area (Å²) >= 11 is 0. The maximum Gasteiger partial charge on any atom is 0.157 e. The summed E-state index contributed by atoms with van der Waals surface area (Å²) in [7, 11) is 2.01. The molecule has 0 saturated heterocycles. The molecule has 5 nitrogen and oxygen atoms in total. The van der Waals surface area contributed by atoms with Crippen LogP contribution in [0.5, 0.6) is 0 Å². The molecule has 0 aliphatic rings. The van der Waals surface area contributed by atoms with Crippen molar-refractivity contribution in [1.82, 2.24) is 9.97 Å². The lowest BCUT2D eigenvalue weighted by Crippen LogP contribution is -2.21. The van der Waals surface area contributed by atoms with E-state index < -0.39 is 0 Å². The number of anilines is 3. The number of unbranched alkanes of at least 4 members (excludes halogenated alkanes) is 1. The summed E-state index contributed by atoms with van der Waals surface area (Å²) in [4.78, 5) is 10.6. The Balaban J connectivity index is 2.06. The van der Waals surface area contributed by atoms with E-state index in [9.17, 15) is 0 Å². The first kappa shape index (κ1) is 16.1. The van der Waals surface area contributed by atoms with Gasteiger partial charge in [-0.3, -0.25) is 0 Å². The van der Waals surface area contributed by atoms with Gasteiger partial charge < -0.3 is 16.0 Å². The first-order valence-electron chi connectivity index (χ1n) is 7.72. The van der Waals surface area contributed by atoms with Gasteiger partial charge in [0.15, 0.2) is 11.6 Å². The van der Waals surface area contributed by atoms with E-state index >= 15 is 0 Å². The summed E-state index contributed by atoms with van der Waals surface area (Å²) in [5, 5.41) is 3.30. The molecule has 22 heavy (non-hydrogen) atoms. The topological polar surface area (TPSA) is 67.1 Å². The fourth-order valence-corrected chi connectivity index (χ4v) is 2.22. The second-order valence-corrected chi connectivity index (χ2v) is 5.57. The Morgan fingerprint density at radius 1 is 1.18 bits per heavy atom.